The van der Waals surface area contributed by atoms with Gasteiger partial charge in [-0.05, 0) is 37.5 Å². The van der Waals surface area contributed by atoms with Crippen LogP contribution in [-0.4, -0.2) is 82.9 Å². The fourth-order valence-electron chi connectivity index (χ4n) is 5.67. The van der Waals surface area contributed by atoms with Crippen LogP contribution >= 0.6 is 23.5 Å². The number of rotatable bonds is 8. The molecule has 2 aromatic carbocycles. The third-order valence-electron chi connectivity index (χ3n) is 7.70. The van der Waals surface area contributed by atoms with E-state index in [2.05, 4.69) is 0 Å². The van der Waals surface area contributed by atoms with Gasteiger partial charge in [0.15, 0.2) is 0 Å². The van der Waals surface area contributed by atoms with E-state index in [1.807, 2.05) is 70.2 Å². The van der Waals surface area contributed by atoms with Crippen molar-refractivity contribution >= 4 is 84.8 Å². The predicted molar refractivity (Wildman–Crippen MR) is 163 cm³/mol. The second-order valence-corrected chi connectivity index (χ2v) is 11.7. The molecule has 0 fully saturated rings. The summed E-state index contributed by atoms with van der Waals surface area (Å²) in [7, 11) is 0. The van der Waals surface area contributed by atoms with Crippen molar-refractivity contribution in [2.45, 2.75) is 47.6 Å². The zero-order chi connectivity index (χ0) is 30.0. The molecule has 2 aliphatic rings. The number of carbonyl (C=O) groups excluding carboxylic acids is 4. The molecule has 43 heavy (non-hydrogen) atoms. The topological polar surface area (TPSA) is 124 Å². The fraction of sp³-hybridized carbons (Fsp3) is 0.250. The van der Waals surface area contributed by atoms with Crippen LogP contribution in [0.2, 0.25) is 0 Å². The first-order valence-corrected chi connectivity index (χ1v) is 15.9. The largest absolute Gasteiger partial charge is 2.00 e. The second-order valence-electron chi connectivity index (χ2n) is 9.99. The van der Waals surface area contributed by atoms with Crippen molar-refractivity contribution < 1.29 is 29.4 Å². The Balaban J connectivity index is 0.000000192. The van der Waals surface area contributed by atoms with Crippen LogP contribution in [0.15, 0.2) is 82.6 Å². The van der Waals surface area contributed by atoms with Crippen molar-refractivity contribution in [3.8, 4) is 0 Å². The number of fused-ring (bicyclic) bond motifs is 2. The van der Waals surface area contributed by atoms with Crippen molar-refractivity contribution in [2.24, 2.45) is 0 Å². The molecule has 2 aromatic heterocycles. The molecule has 8 nitrogen and oxygen atoms in total. The molecular formula is C32H28CaN2O6S2. The summed E-state index contributed by atoms with van der Waals surface area (Å²) in [6.07, 6.45) is 4.75. The minimum atomic E-state index is -1.07. The predicted octanol–water partition coefficient (Wildman–Crippen LogP) is 2.98. The molecule has 0 aliphatic carbocycles. The molecule has 0 saturated heterocycles. The molecule has 0 radical (unpaired) electrons. The maximum absolute atomic E-state index is 12.7. The second kappa shape index (κ2) is 14.3. The number of benzene rings is 2. The van der Waals surface area contributed by atoms with Crippen molar-refractivity contribution in [3.63, 3.8) is 0 Å². The van der Waals surface area contributed by atoms with Crippen molar-refractivity contribution in [1.29, 1.82) is 0 Å². The van der Waals surface area contributed by atoms with Gasteiger partial charge in [-0.3, -0.25) is 9.59 Å². The number of nitrogens with zero attached hydrogens (tertiary/aromatic N) is 2. The third-order valence-corrected chi connectivity index (χ3v) is 9.20. The van der Waals surface area contributed by atoms with Gasteiger partial charge >= 0.3 is 37.7 Å². The Morgan fingerprint density at radius 3 is 1.30 bits per heavy atom. The van der Waals surface area contributed by atoms with Gasteiger partial charge < -0.3 is 28.9 Å². The number of carbonyl (C=O) groups is 4. The Morgan fingerprint density at radius 2 is 1.00 bits per heavy atom. The summed E-state index contributed by atoms with van der Waals surface area (Å²) in [6.45, 7) is 1.09. The van der Waals surface area contributed by atoms with Crippen LogP contribution in [0.5, 0.6) is 0 Å². The smallest absolute Gasteiger partial charge is 0.549 e. The SMILES string of the molecule is CSc1cc2n(c1C(=O)c1ccccc1)CCC2C(=O)[O-].CSc1cc2n(c1C(=O)c1ccccc1)CCC2C(=O)[O-].[Ca+2]. The van der Waals surface area contributed by atoms with Gasteiger partial charge in [0.2, 0.25) is 11.6 Å². The average Bonchev–Trinajstić information content (AvgIpc) is 3.77. The summed E-state index contributed by atoms with van der Waals surface area (Å²) in [5, 5.41) is 22.4. The van der Waals surface area contributed by atoms with Crippen molar-refractivity contribution in [2.75, 3.05) is 12.5 Å². The first-order chi connectivity index (χ1) is 20.3. The third kappa shape index (κ3) is 6.54. The maximum atomic E-state index is 12.7. The van der Waals surface area contributed by atoms with Gasteiger partial charge in [-0.15, -0.1) is 23.5 Å². The van der Waals surface area contributed by atoms with E-state index >= 15 is 0 Å². The number of thioether (sulfide) groups is 2. The summed E-state index contributed by atoms with van der Waals surface area (Å²) in [4.78, 5) is 49.5. The summed E-state index contributed by atoms with van der Waals surface area (Å²) < 4.78 is 3.67. The van der Waals surface area contributed by atoms with E-state index in [9.17, 15) is 29.4 Å². The molecule has 6 rings (SSSR count). The number of carboxylic acid groups (broad SMARTS) is 2. The molecule has 11 heteroatoms. The van der Waals surface area contributed by atoms with Crippen LogP contribution in [-0.2, 0) is 22.7 Å². The van der Waals surface area contributed by atoms with Gasteiger partial charge in [0.05, 0.1) is 11.9 Å². The zero-order valence-corrected chi connectivity index (χ0v) is 27.6. The number of hydrogen-bond acceptors (Lipinski definition) is 8. The standard InChI is InChI=1S/2C16H15NO3S.Ca/c2*1-21-13-9-12-11(16(19)20)7-8-17(12)14(13)15(18)10-5-3-2-4-6-10;/h2*2-6,9,11H,7-8H2,1H3,(H,19,20);/q;;+2/p-2. The van der Waals surface area contributed by atoms with Crippen molar-refractivity contribution in [1.82, 2.24) is 9.13 Å². The molecule has 4 aromatic rings. The molecule has 2 aliphatic heterocycles. The minimum absolute atomic E-state index is 0. The van der Waals surface area contributed by atoms with Crippen LogP contribution in [0.4, 0.5) is 0 Å². The average molecular weight is 641 g/mol. The Labute approximate surface area is 287 Å². The van der Waals surface area contributed by atoms with Crippen LogP contribution in [0, 0.1) is 0 Å². The van der Waals surface area contributed by atoms with Gasteiger partial charge in [-0.2, -0.15) is 0 Å². The molecule has 0 N–H and O–H groups in total. The minimum Gasteiger partial charge on any atom is -0.549 e. The van der Waals surface area contributed by atoms with E-state index in [0.717, 1.165) is 9.79 Å². The molecule has 0 amide bonds. The van der Waals surface area contributed by atoms with E-state index in [-0.39, 0.29) is 49.3 Å². The normalized spacial score (nSPS) is 16.3. The van der Waals surface area contributed by atoms with Gasteiger partial charge in [0.25, 0.3) is 0 Å². The van der Waals surface area contributed by atoms with E-state index in [0.29, 0.717) is 59.8 Å². The van der Waals surface area contributed by atoms with Crippen molar-refractivity contribution in [3.05, 3.63) is 107 Å². The Bertz CT molecular complexity index is 1540. The van der Waals surface area contributed by atoms with E-state index in [1.54, 1.807) is 24.3 Å². The fourth-order valence-corrected chi connectivity index (χ4v) is 6.94. The first kappa shape index (κ1) is 33.1. The quantitative estimate of drug-likeness (QED) is 0.164. The van der Waals surface area contributed by atoms with Crippen LogP contribution < -0.4 is 10.2 Å². The van der Waals surface area contributed by atoms with E-state index in [1.165, 1.54) is 23.5 Å². The van der Waals surface area contributed by atoms with Gasteiger partial charge in [0, 0.05) is 57.2 Å². The monoisotopic (exact) mass is 640 g/mol. The van der Waals surface area contributed by atoms with E-state index < -0.39 is 23.8 Å². The Hall–Kier alpha value is -2.76. The molecule has 0 saturated carbocycles. The summed E-state index contributed by atoms with van der Waals surface area (Å²) in [5.74, 6) is -3.51. The molecule has 216 valence electrons. The first-order valence-electron chi connectivity index (χ1n) is 13.4. The molecule has 0 bridgehead atoms. The van der Waals surface area contributed by atoms with Crippen LogP contribution in [0.3, 0.4) is 0 Å². The van der Waals surface area contributed by atoms with E-state index in [4.69, 9.17) is 0 Å². The van der Waals surface area contributed by atoms with Gasteiger partial charge in [-0.25, -0.2) is 0 Å². The van der Waals surface area contributed by atoms with Crippen LogP contribution in [0.1, 0.15) is 68.2 Å². The molecule has 0 spiro atoms. The number of hydrogen-bond donors (Lipinski definition) is 0. The zero-order valence-electron chi connectivity index (χ0n) is 23.8. The molecule has 2 unspecified atom stereocenters. The maximum Gasteiger partial charge on any atom is 2.00 e. The van der Waals surface area contributed by atoms with Crippen LogP contribution in [0.25, 0.3) is 0 Å². The summed E-state index contributed by atoms with van der Waals surface area (Å²) in [5.41, 5.74) is 3.77. The number of aromatic nitrogens is 2. The van der Waals surface area contributed by atoms with Gasteiger partial charge in [0.1, 0.15) is 11.4 Å². The molecular weight excluding hydrogens is 613 g/mol. The number of ketones is 2. The number of aliphatic carboxylic acids is 2. The molecule has 2 atom stereocenters. The number of carboxylic acids is 2. The molecule has 4 heterocycles. The Morgan fingerprint density at radius 1 is 0.651 bits per heavy atom. The van der Waals surface area contributed by atoms with Gasteiger partial charge in [-0.1, -0.05) is 60.7 Å². The summed E-state index contributed by atoms with van der Waals surface area (Å²) in [6, 6.07) is 21.7. The Kier molecular flexibility index (Phi) is 11.1. The summed E-state index contributed by atoms with van der Waals surface area (Å²) >= 11 is 2.92.